The van der Waals surface area contributed by atoms with Crippen molar-refractivity contribution in [2.75, 3.05) is 0 Å². The quantitative estimate of drug-likeness (QED) is 0.478. The van der Waals surface area contributed by atoms with Gasteiger partial charge in [0.25, 0.3) is 5.92 Å². The molecule has 3 aromatic heterocycles. The van der Waals surface area contributed by atoms with Crippen molar-refractivity contribution in [2.45, 2.75) is 18.8 Å². The van der Waals surface area contributed by atoms with Crippen LogP contribution >= 0.6 is 15.9 Å². The van der Waals surface area contributed by atoms with Gasteiger partial charge in [-0.25, -0.2) is 8.78 Å². The molecule has 1 aliphatic carbocycles. The van der Waals surface area contributed by atoms with Crippen LogP contribution in [0.3, 0.4) is 0 Å². The monoisotopic (exact) mass is 414 g/mol. The fraction of sp³-hybridized carbons (Fsp3) is 0.211. The number of hydrogen-bond donors (Lipinski definition) is 0. The second-order valence-electron chi connectivity index (χ2n) is 6.63. The molecule has 0 saturated heterocycles. The SMILES string of the molecule is FC1(F)CC1Cc1nnc2c(Br)c(-c3ccc4ncccc4c3)ccn12. The number of rotatable bonds is 3. The van der Waals surface area contributed by atoms with Crippen LogP contribution in [-0.4, -0.2) is 25.5 Å². The van der Waals surface area contributed by atoms with Crippen molar-refractivity contribution in [1.82, 2.24) is 19.6 Å². The Morgan fingerprint density at radius 3 is 2.85 bits per heavy atom. The molecule has 1 fully saturated rings. The normalized spacial score (nSPS) is 18.5. The Hall–Kier alpha value is -2.41. The average Bonchev–Trinajstić information content (AvgIpc) is 3.04. The van der Waals surface area contributed by atoms with E-state index in [1.165, 1.54) is 0 Å². The summed E-state index contributed by atoms with van der Waals surface area (Å²) in [5.41, 5.74) is 3.56. The van der Waals surface area contributed by atoms with Gasteiger partial charge < -0.3 is 0 Å². The van der Waals surface area contributed by atoms with Crippen LogP contribution in [0.25, 0.3) is 27.7 Å². The highest BCUT2D eigenvalue weighted by Gasteiger charge is 2.56. The summed E-state index contributed by atoms with van der Waals surface area (Å²) in [7, 11) is 0. The molecule has 1 atom stereocenters. The van der Waals surface area contributed by atoms with Gasteiger partial charge in [0.05, 0.1) is 9.99 Å². The summed E-state index contributed by atoms with van der Waals surface area (Å²) in [5.74, 6) is -2.61. The lowest BCUT2D eigenvalue weighted by molar-refractivity contribution is 0.0984. The molecule has 1 unspecified atom stereocenters. The molecule has 3 heterocycles. The number of benzene rings is 1. The largest absolute Gasteiger partial charge is 0.285 e. The molecule has 4 nitrogen and oxygen atoms in total. The van der Waals surface area contributed by atoms with E-state index in [-0.39, 0.29) is 12.8 Å². The highest BCUT2D eigenvalue weighted by molar-refractivity contribution is 9.10. The number of nitrogens with zero attached hydrogens (tertiary/aromatic N) is 4. The van der Waals surface area contributed by atoms with E-state index in [0.29, 0.717) is 11.5 Å². The maximum atomic E-state index is 13.2. The van der Waals surface area contributed by atoms with Crippen LogP contribution in [0.15, 0.2) is 53.3 Å². The molecule has 4 aromatic rings. The van der Waals surface area contributed by atoms with Crippen molar-refractivity contribution in [3.8, 4) is 11.1 Å². The van der Waals surface area contributed by atoms with Crippen molar-refractivity contribution in [2.24, 2.45) is 5.92 Å². The van der Waals surface area contributed by atoms with Crippen molar-refractivity contribution in [3.63, 3.8) is 0 Å². The maximum absolute atomic E-state index is 13.2. The van der Waals surface area contributed by atoms with Crippen molar-refractivity contribution in [3.05, 3.63) is 59.1 Å². The zero-order chi connectivity index (χ0) is 17.9. The van der Waals surface area contributed by atoms with E-state index < -0.39 is 11.8 Å². The Morgan fingerprint density at radius 2 is 2.04 bits per heavy atom. The lowest BCUT2D eigenvalue weighted by Crippen LogP contribution is -2.02. The highest BCUT2D eigenvalue weighted by Crippen LogP contribution is 2.50. The first-order valence-electron chi connectivity index (χ1n) is 8.28. The zero-order valence-corrected chi connectivity index (χ0v) is 15.1. The minimum atomic E-state index is -2.55. The van der Waals surface area contributed by atoms with E-state index in [2.05, 4.69) is 37.2 Å². The fourth-order valence-corrected chi connectivity index (χ4v) is 3.92. The number of alkyl halides is 2. The third-order valence-corrected chi connectivity index (χ3v) is 5.67. The van der Waals surface area contributed by atoms with E-state index in [1.807, 2.05) is 36.5 Å². The molecular weight excluding hydrogens is 402 g/mol. The van der Waals surface area contributed by atoms with E-state index in [1.54, 1.807) is 10.6 Å². The van der Waals surface area contributed by atoms with Gasteiger partial charge in [0, 0.05) is 42.1 Å². The molecule has 26 heavy (non-hydrogen) atoms. The molecule has 1 saturated carbocycles. The van der Waals surface area contributed by atoms with E-state index in [4.69, 9.17) is 0 Å². The molecule has 0 radical (unpaired) electrons. The third kappa shape index (κ3) is 2.49. The summed E-state index contributed by atoms with van der Waals surface area (Å²) >= 11 is 3.61. The van der Waals surface area contributed by atoms with Gasteiger partial charge in [0.1, 0.15) is 5.82 Å². The number of pyridine rings is 2. The van der Waals surface area contributed by atoms with Crippen molar-refractivity contribution >= 4 is 32.5 Å². The smallest absolute Gasteiger partial charge is 0.252 e. The van der Waals surface area contributed by atoms with Crippen LogP contribution in [0.1, 0.15) is 12.2 Å². The summed E-state index contributed by atoms with van der Waals surface area (Å²) in [6, 6.07) is 11.9. The first-order chi connectivity index (χ1) is 12.5. The minimum absolute atomic E-state index is 0.0632. The first-order valence-corrected chi connectivity index (χ1v) is 9.07. The summed E-state index contributed by atoms with van der Waals surface area (Å²) in [5, 5.41) is 9.38. The zero-order valence-electron chi connectivity index (χ0n) is 13.5. The van der Waals surface area contributed by atoms with Crippen LogP contribution in [0.2, 0.25) is 0 Å². The molecule has 0 aliphatic heterocycles. The van der Waals surface area contributed by atoms with Gasteiger partial charge in [-0.2, -0.15) is 0 Å². The maximum Gasteiger partial charge on any atom is 0.252 e. The minimum Gasteiger partial charge on any atom is -0.285 e. The van der Waals surface area contributed by atoms with E-state index >= 15 is 0 Å². The highest BCUT2D eigenvalue weighted by atomic mass is 79.9. The predicted molar refractivity (Wildman–Crippen MR) is 98.2 cm³/mol. The molecule has 5 rings (SSSR count). The first kappa shape index (κ1) is 15.8. The number of aromatic nitrogens is 4. The average molecular weight is 415 g/mol. The molecule has 0 spiro atoms. The molecule has 1 aromatic carbocycles. The topological polar surface area (TPSA) is 43.1 Å². The number of fused-ring (bicyclic) bond motifs is 2. The van der Waals surface area contributed by atoms with Gasteiger partial charge in [-0.3, -0.25) is 9.38 Å². The predicted octanol–water partition coefficient (Wildman–Crippen LogP) is 4.90. The lowest BCUT2D eigenvalue weighted by Gasteiger charge is -2.08. The number of halogens is 3. The second kappa shape index (κ2) is 5.54. The van der Waals surface area contributed by atoms with Crippen LogP contribution in [0.4, 0.5) is 8.78 Å². The molecule has 1 aliphatic rings. The molecule has 0 amide bonds. The molecule has 0 N–H and O–H groups in total. The Morgan fingerprint density at radius 1 is 1.19 bits per heavy atom. The van der Waals surface area contributed by atoms with Gasteiger partial charge in [-0.15, -0.1) is 10.2 Å². The van der Waals surface area contributed by atoms with Gasteiger partial charge in [0.2, 0.25) is 0 Å². The lowest BCUT2D eigenvalue weighted by atomic mass is 10.0. The van der Waals surface area contributed by atoms with Gasteiger partial charge >= 0.3 is 0 Å². The molecular formula is C19H13BrF2N4. The van der Waals surface area contributed by atoms with Crippen molar-refractivity contribution in [1.29, 1.82) is 0 Å². The van der Waals surface area contributed by atoms with E-state index in [9.17, 15) is 8.78 Å². The van der Waals surface area contributed by atoms with Crippen LogP contribution < -0.4 is 0 Å². The Labute approximate surface area is 156 Å². The van der Waals surface area contributed by atoms with Crippen molar-refractivity contribution < 1.29 is 8.78 Å². The fourth-order valence-electron chi connectivity index (χ4n) is 3.29. The Kier molecular flexibility index (Phi) is 3.37. The standard InChI is InChI=1S/C19H13BrF2N4/c20-17-14(11-3-4-15-12(8-11)2-1-6-23-15)5-7-26-16(24-25-18(17)26)9-13-10-19(13,21)22/h1-8,13H,9-10H2. The van der Waals surface area contributed by atoms with E-state index in [0.717, 1.165) is 26.5 Å². The van der Waals surface area contributed by atoms with Gasteiger partial charge in [-0.1, -0.05) is 12.1 Å². The van der Waals surface area contributed by atoms with Crippen LogP contribution in [-0.2, 0) is 6.42 Å². The molecule has 0 bridgehead atoms. The summed E-state index contributed by atoms with van der Waals surface area (Å²) in [6.45, 7) is 0. The molecule has 7 heteroatoms. The van der Waals surface area contributed by atoms with Crippen LogP contribution in [0.5, 0.6) is 0 Å². The Bertz CT molecular complexity index is 1150. The Balaban J connectivity index is 1.57. The van der Waals surface area contributed by atoms with Gasteiger partial charge in [0.15, 0.2) is 5.65 Å². The number of hydrogen-bond acceptors (Lipinski definition) is 3. The third-order valence-electron chi connectivity index (χ3n) is 4.89. The molecule has 130 valence electrons. The summed E-state index contributed by atoms with van der Waals surface area (Å²) in [6.07, 6.45) is 3.79. The second-order valence-corrected chi connectivity index (χ2v) is 7.42. The summed E-state index contributed by atoms with van der Waals surface area (Å²) < 4.78 is 29.0. The van der Waals surface area contributed by atoms with Crippen LogP contribution in [0, 0.1) is 5.92 Å². The van der Waals surface area contributed by atoms with Gasteiger partial charge in [-0.05, 0) is 45.8 Å². The summed E-state index contributed by atoms with van der Waals surface area (Å²) in [4.78, 5) is 4.34.